The zero-order chi connectivity index (χ0) is 11.5. The summed E-state index contributed by atoms with van der Waals surface area (Å²) in [6.07, 6.45) is 0.747. The molecule has 3 N–H and O–H groups in total. The first-order valence-corrected chi connectivity index (χ1v) is 4.96. The molecule has 0 aliphatic rings. The van der Waals surface area contributed by atoms with Crippen molar-refractivity contribution in [1.29, 1.82) is 0 Å². The van der Waals surface area contributed by atoms with Crippen molar-refractivity contribution in [3.05, 3.63) is 22.2 Å². The summed E-state index contributed by atoms with van der Waals surface area (Å²) >= 11 is 0. The van der Waals surface area contributed by atoms with Gasteiger partial charge in [0, 0.05) is 6.07 Å². The Morgan fingerprint density at radius 1 is 1.67 bits per heavy atom. The largest absolute Gasteiger partial charge is 0.394 e. The molecule has 0 aromatic carbocycles. The zero-order valence-electron chi connectivity index (χ0n) is 9.29. The normalized spacial score (nSPS) is 14.7. The second-order valence-electron chi connectivity index (χ2n) is 3.91. The summed E-state index contributed by atoms with van der Waals surface area (Å²) in [5, 5.41) is 12.3. The van der Waals surface area contributed by atoms with Crippen LogP contribution < -0.4 is 10.9 Å². The molecule has 0 fully saturated rings. The van der Waals surface area contributed by atoms with Crippen LogP contribution in [0.25, 0.3) is 0 Å². The van der Waals surface area contributed by atoms with Crippen LogP contribution in [0.15, 0.2) is 10.9 Å². The van der Waals surface area contributed by atoms with Crippen LogP contribution in [-0.2, 0) is 0 Å². The maximum absolute atomic E-state index is 11.2. The third-order valence-electron chi connectivity index (χ3n) is 2.42. The summed E-state index contributed by atoms with van der Waals surface area (Å²) in [5.41, 5.74) is -0.630. The lowest BCUT2D eigenvalue weighted by atomic mass is 10.0. The number of H-pyrrole nitrogens is 1. The molecule has 84 valence electrons. The van der Waals surface area contributed by atoms with E-state index in [0.717, 1.165) is 6.42 Å². The highest BCUT2D eigenvalue weighted by molar-refractivity contribution is 5.36. The first kappa shape index (κ1) is 11.7. The average molecular weight is 211 g/mol. The molecular formula is C10H17N3O2. The monoisotopic (exact) mass is 211 g/mol. The minimum atomic E-state index is -0.437. The van der Waals surface area contributed by atoms with Crippen molar-refractivity contribution in [2.24, 2.45) is 0 Å². The summed E-state index contributed by atoms with van der Waals surface area (Å²) < 4.78 is 0. The van der Waals surface area contributed by atoms with Crippen LogP contribution in [-0.4, -0.2) is 27.2 Å². The van der Waals surface area contributed by atoms with Gasteiger partial charge < -0.3 is 15.4 Å². The Morgan fingerprint density at radius 3 is 2.80 bits per heavy atom. The van der Waals surface area contributed by atoms with Crippen molar-refractivity contribution in [2.75, 3.05) is 11.9 Å². The summed E-state index contributed by atoms with van der Waals surface area (Å²) in [6.45, 7) is 5.56. The van der Waals surface area contributed by atoms with E-state index < -0.39 is 5.54 Å². The predicted molar refractivity (Wildman–Crippen MR) is 59.0 cm³/mol. The Kier molecular flexibility index (Phi) is 3.47. The number of aromatic amines is 1. The first-order chi connectivity index (χ1) is 6.99. The van der Waals surface area contributed by atoms with E-state index in [0.29, 0.717) is 11.6 Å². The minimum Gasteiger partial charge on any atom is -0.394 e. The van der Waals surface area contributed by atoms with Gasteiger partial charge in [0.05, 0.1) is 12.1 Å². The Hall–Kier alpha value is -1.36. The maximum atomic E-state index is 11.2. The standard InChI is InChI=1S/C10H17N3O2/c1-4-10(3,6-14)13-8-5-9(15)12-7(2)11-8/h5,14H,4,6H2,1-3H3,(H2,11,12,13,15). The van der Waals surface area contributed by atoms with Crippen LogP contribution in [0.1, 0.15) is 26.1 Å². The van der Waals surface area contributed by atoms with E-state index in [1.807, 2.05) is 13.8 Å². The number of anilines is 1. The van der Waals surface area contributed by atoms with E-state index in [-0.39, 0.29) is 12.2 Å². The van der Waals surface area contributed by atoms with E-state index in [1.165, 1.54) is 6.07 Å². The van der Waals surface area contributed by atoms with Gasteiger partial charge in [0.25, 0.3) is 5.56 Å². The molecule has 0 spiro atoms. The Bertz CT molecular complexity index is 382. The van der Waals surface area contributed by atoms with Crippen molar-refractivity contribution in [1.82, 2.24) is 9.97 Å². The van der Waals surface area contributed by atoms with Gasteiger partial charge in [-0.3, -0.25) is 4.79 Å². The van der Waals surface area contributed by atoms with Gasteiger partial charge in [-0.2, -0.15) is 0 Å². The highest BCUT2D eigenvalue weighted by Crippen LogP contribution is 2.14. The fourth-order valence-corrected chi connectivity index (χ4v) is 1.19. The Morgan fingerprint density at radius 2 is 2.33 bits per heavy atom. The third-order valence-corrected chi connectivity index (χ3v) is 2.42. The topological polar surface area (TPSA) is 78.0 Å². The summed E-state index contributed by atoms with van der Waals surface area (Å²) in [6, 6.07) is 1.39. The second kappa shape index (κ2) is 4.44. The molecule has 0 aliphatic heterocycles. The highest BCUT2D eigenvalue weighted by atomic mass is 16.3. The summed E-state index contributed by atoms with van der Waals surface area (Å²) in [4.78, 5) is 17.9. The van der Waals surface area contributed by atoms with Gasteiger partial charge in [-0.05, 0) is 20.3 Å². The van der Waals surface area contributed by atoms with Gasteiger partial charge >= 0.3 is 0 Å². The fourth-order valence-electron chi connectivity index (χ4n) is 1.19. The van der Waals surface area contributed by atoms with Crippen LogP contribution in [0.2, 0.25) is 0 Å². The SMILES string of the molecule is CCC(C)(CO)Nc1cc(=O)[nH]c(C)n1. The minimum absolute atomic E-state index is 0.00295. The fraction of sp³-hybridized carbons (Fsp3) is 0.600. The molecule has 0 amide bonds. The van der Waals surface area contributed by atoms with Crippen molar-refractivity contribution in [3.63, 3.8) is 0 Å². The number of rotatable bonds is 4. The molecule has 1 aromatic heterocycles. The van der Waals surface area contributed by atoms with Crippen LogP contribution >= 0.6 is 0 Å². The van der Waals surface area contributed by atoms with E-state index in [2.05, 4.69) is 15.3 Å². The van der Waals surface area contributed by atoms with Crippen LogP contribution in [0, 0.1) is 6.92 Å². The van der Waals surface area contributed by atoms with E-state index >= 15 is 0 Å². The molecule has 1 heterocycles. The van der Waals surface area contributed by atoms with Gasteiger partial charge in [-0.25, -0.2) is 4.98 Å². The number of aromatic nitrogens is 2. The van der Waals surface area contributed by atoms with Crippen molar-refractivity contribution in [2.45, 2.75) is 32.7 Å². The summed E-state index contributed by atoms with van der Waals surface area (Å²) in [5.74, 6) is 1.05. The first-order valence-electron chi connectivity index (χ1n) is 4.96. The molecule has 5 heteroatoms. The molecule has 0 aliphatic carbocycles. The lowest BCUT2D eigenvalue weighted by Gasteiger charge is -2.27. The predicted octanol–water partition coefficient (Wildman–Crippen LogP) is 0.651. The summed E-state index contributed by atoms with van der Waals surface area (Å²) in [7, 11) is 0. The molecule has 1 unspecified atom stereocenters. The Balaban J connectivity index is 2.93. The van der Waals surface area contributed by atoms with Crippen molar-refractivity contribution in [3.8, 4) is 0 Å². The van der Waals surface area contributed by atoms with Crippen LogP contribution in [0.4, 0.5) is 5.82 Å². The third kappa shape index (κ3) is 3.06. The van der Waals surface area contributed by atoms with E-state index in [9.17, 15) is 9.90 Å². The molecule has 5 nitrogen and oxygen atoms in total. The van der Waals surface area contributed by atoms with Crippen molar-refractivity contribution < 1.29 is 5.11 Å². The molecule has 0 saturated carbocycles. The molecule has 1 aromatic rings. The molecule has 15 heavy (non-hydrogen) atoms. The van der Waals surface area contributed by atoms with Crippen LogP contribution in [0.3, 0.4) is 0 Å². The number of nitrogens with one attached hydrogen (secondary N) is 2. The molecular weight excluding hydrogens is 194 g/mol. The molecule has 1 atom stereocenters. The highest BCUT2D eigenvalue weighted by Gasteiger charge is 2.21. The van der Waals surface area contributed by atoms with Gasteiger partial charge in [0.2, 0.25) is 0 Å². The number of nitrogens with zero attached hydrogens (tertiary/aromatic N) is 1. The van der Waals surface area contributed by atoms with E-state index in [4.69, 9.17) is 0 Å². The molecule has 0 bridgehead atoms. The van der Waals surface area contributed by atoms with Gasteiger partial charge in [0.1, 0.15) is 11.6 Å². The van der Waals surface area contributed by atoms with Crippen molar-refractivity contribution >= 4 is 5.82 Å². The number of hydrogen-bond donors (Lipinski definition) is 3. The number of aliphatic hydroxyl groups excluding tert-OH is 1. The molecule has 0 radical (unpaired) electrons. The average Bonchev–Trinajstić information content (AvgIpc) is 2.16. The Labute approximate surface area is 88.6 Å². The zero-order valence-corrected chi connectivity index (χ0v) is 9.29. The smallest absolute Gasteiger partial charge is 0.252 e. The van der Waals surface area contributed by atoms with Crippen LogP contribution in [0.5, 0.6) is 0 Å². The maximum Gasteiger partial charge on any atom is 0.252 e. The lowest BCUT2D eigenvalue weighted by molar-refractivity contribution is 0.218. The lowest BCUT2D eigenvalue weighted by Crippen LogP contribution is -2.38. The van der Waals surface area contributed by atoms with Gasteiger partial charge in [-0.15, -0.1) is 0 Å². The van der Waals surface area contributed by atoms with Gasteiger partial charge in [0.15, 0.2) is 0 Å². The number of aryl methyl sites for hydroxylation is 1. The molecule has 0 saturated heterocycles. The van der Waals surface area contributed by atoms with Gasteiger partial charge in [-0.1, -0.05) is 6.92 Å². The molecule has 1 rings (SSSR count). The quantitative estimate of drug-likeness (QED) is 0.683. The van der Waals surface area contributed by atoms with E-state index in [1.54, 1.807) is 6.92 Å². The second-order valence-corrected chi connectivity index (χ2v) is 3.91. The number of hydrogen-bond acceptors (Lipinski definition) is 4. The number of aliphatic hydroxyl groups is 1.